The SMILES string of the molecule is CCCOCC(=O)c1cc(I)ccc1Br. The van der Waals surface area contributed by atoms with Crippen molar-refractivity contribution in [2.75, 3.05) is 13.2 Å². The maximum Gasteiger partial charge on any atom is 0.189 e. The second-order valence-corrected chi connectivity index (χ2v) is 5.20. The Kier molecular flexibility index (Phi) is 5.78. The predicted molar refractivity (Wildman–Crippen MR) is 72.3 cm³/mol. The molecule has 0 aliphatic rings. The van der Waals surface area contributed by atoms with Crippen LogP contribution in [0.25, 0.3) is 0 Å². The van der Waals surface area contributed by atoms with Crippen LogP contribution in [0.3, 0.4) is 0 Å². The first-order chi connectivity index (χ1) is 7.15. The Bertz CT molecular complexity index is 352. The summed E-state index contributed by atoms with van der Waals surface area (Å²) in [6, 6.07) is 5.70. The predicted octanol–water partition coefficient (Wildman–Crippen LogP) is 3.66. The van der Waals surface area contributed by atoms with E-state index in [4.69, 9.17) is 4.74 Å². The van der Waals surface area contributed by atoms with E-state index < -0.39 is 0 Å². The van der Waals surface area contributed by atoms with Crippen LogP contribution < -0.4 is 0 Å². The van der Waals surface area contributed by atoms with Gasteiger partial charge in [0.25, 0.3) is 0 Å². The van der Waals surface area contributed by atoms with Crippen molar-refractivity contribution < 1.29 is 9.53 Å². The van der Waals surface area contributed by atoms with Gasteiger partial charge in [-0.25, -0.2) is 0 Å². The topological polar surface area (TPSA) is 26.3 Å². The van der Waals surface area contributed by atoms with Crippen molar-refractivity contribution in [1.29, 1.82) is 0 Å². The highest BCUT2D eigenvalue weighted by Gasteiger charge is 2.10. The molecule has 0 spiro atoms. The minimum Gasteiger partial charge on any atom is -0.373 e. The van der Waals surface area contributed by atoms with Crippen molar-refractivity contribution in [2.45, 2.75) is 13.3 Å². The number of ketones is 1. The Morgan fingerprint density at radius 1 is 1.53 bits per heavy atom. The number of hydrogen-bond donors (Lipinski definition) is 0. The van der Waals surface area contributed by atoms with Crippen molar-refractivity contribution in [2.24, 2.45) is 0 Å². The lowest BCUT2D eigenvalue weighted by atomic mass is 10.1. The first-order valence-corrected chi connectivity index (χ1v) is 6.58. The second-order valence-electron chi connectivity index (χ2n) is 3.10. The Morgan fingerprint density at radius 3 is 2.93 bits per heavy atom. The lowest BCUT2D eigenvalue weighted by molar-refractivity contribution is 0.0760. The van der Waals surface area contributed by atoms with E-state index in [0.717, 1.165) is 14.5 Å². The van der Waals surface area contributed by atoms with E-state index in [1.165, 1.54) is 0 Å². The van der Waals surface area contributed by atoms with Gasteiger partial charge in [0.1, 0.15) is 6.61 Å². The van der Waals surface area contributed by atoms with E-state index in [0.29, 0.717) is 12.2 Å². The van der Waals surface area contributed by atoms with E-state index in [1.54, 1.807) is 0 Å². The molecule has 0 aliphatic heterocycles. The number of hydrogen-bond acceptors (Lipinski definition) is 2. The van der Waals surface area contributed by atoms with Crippen LogP contribution in [-0.2, 0) is 4.74 Å². The van der Waals surface area contributed by atoms with Gasteiger partial charge < -0.3 is 4.74 Å². The molecule has 0 N–H and O–H groups in total. The van der Waals surface area contributed by atoms with Crippen LogP contribution in [0.2, 0.25) is 0 Å². The molecule has 4 heteroatoms. The molecule has 0 amide bonds. The maximum absolute atomic E-state index is 11.7. The summed E-state index contributed by atoms with van der Waals surface area (Å²) < 4.78 is 7.10. The summed E-state index contributed by atoms with van der Waals surface area (Å²) in [6.07, 6.45) is 0.931. The fourth-order valence-electron chi connectivity index (χ4n) is 1.10. The van der Waals surface area contributed by atoms with Crippen LogP contribution in [0, 0.1) is 3.57 Å². The molecule has 0 radical (unpaired) electrons. The molecule has 0 fully saturated rings. The molecule has 0 atom stereocenters. The van der Waals surface area contributed by atoms with Gasteiger partial charge in [0.15, 0.2) is 5.78 Å². The highest BCUT2D eigenvalue weighted by atomic mass is 127. The van der Waals surface area contributed by atoms with E-state index in [-0.39, 0.29) is 12.4 Å². The maximum atomic E-state index is 11.7. The quantitative estimate of drug-likeness (QED) is 0.441. The summed E-state index contributed by atoms with van der Waals surface area (Å²) in [7, 11) is 0. The molecular formula is C11H12BrIO2. The van der Waals surface area contributed by atoms with E-state index in [1.807, 2.05) is 25.1 Å². The van der Waals surface area contributed by atoms with Crippen molar-refractivity contribution in [3.63, 3.8) is 0 Å². The summed E-state index contributed by atoms with van der Waals surface area (Å²) in [5.74, 6) is 0.0221. The van der Waals surface area contributed by atoms with Gasteiger partial charge in [-0.15, -0.1) is 0 Å². The first kappa shape index (κ1) is 13.1. The summed E-state index contributed by atoms with van der Waals surface area (Å²) in [6.45, 7) is 2.81. The third kappa shape index (κ3) is 4.20. The highest BCUT2D eigenvalue weighted by molar-refractivity contribution is 14.1. The lowest BCUT2D eigenvalue weighted by Crippen LogP contribution is -2.10. The Morgan fingerprint density at radius 2 is 2.27 bits per heavy atom. The minimum atomic E-state index is 0.0221. The van der Waals surface area contributed by atoms with Gasteiger partial charge in [0, 0.05) is 20.2 Å². The second kappa shape index (κ2) is 6.60. The average molecular weight is 383 g/mol. The normalized spacial score (nSPS) is 10.3. The van der Waals surface area contributed by atoms with Gasteiger partial charge in [0.2, 0.25) is 0 Å². The molecule has 0 saturated carbocycles. The van der Waals surface area contributed by atoms with Gasteiger partial charge in [-0.1, -0.05) is 22.9 Å². The van der Waals surface area contributed by atoms with Crippen LogP contribution in [0.4, 0.5) is 0 Å². The number of rotatable bonds is 5. The van der Waals surface area contributed by atoms with Crippen LogP contribution in [0.15, 0.2) is 22.7 Å². The zero-order chi connectivity index (χ0) is 11.3. The molecule has 82 valence electrons. The third-order valence-electron chi connectivity index (χ3n) is 1.81. The van der Waals surface area contributed by atoms with E-state index in [9.17, 15) is 4.79 Å². The lowest BCUT2D eigenvalue weighted by Gasteiger charge is -2.05. The number of benzene rings is 1. The van der Waals surface area contributed by atoms with Crippen LogP contribution >= 0.6 is 38.5 Å². The number of halogens is 2. The standard InChI is InChI=1S/C11H12BrIO2/c1-2-5-15-7-11(14)9-6-8(13)3-4-10(9)12/h3-4,6H,2,5,7H2,1H3. The summed E-state index contributed by atoms with van der Waals surface area (Å²) >= 11 is 5.55. The van der Waals surface area contributed by atoms with E-state index >= 15 is 0 Å². The number of carbonyl (C=O) groups is 1. The Balaban J connectivity index is 2.68. The summed E-state index contributed by atoms with van der Waals surface area (Å²) in [5.41, 5.74) is 0.693. The van der Waals surface area contributed by atoms with Crippen LogP contribution in [0.1, 0.15) is 23.7 Å². The molecular weight excluding hydrogens is 371 g/mol. The molecule has 0 aliphatic carbocycles. The molecule has 0 saturated heterocycles. The molecule has 0 unspecified atom stereocenters. The molecule has 0 heterocycles. The van der Waals surface area contributed by atoms with Crippen LogP contribution in [-0.4, -0.2) is 19.0 Å². The van der Waals surface area contributed by atoms with Crippen molar-refractivity contribution in [1.82, 2.24) is 0 Å². The number of carbonyl (C=O) groups excluding carboxylic acids is 1. The Hall–Kier alpha value is 0.0600. The Labute approximate surface area is 112 Å². The molecule has 15 heavy (non-hydrogen) atoms. The molecule has 2 nitrogen and oxygen atoms in total. The summed E-state index contributed by atoms with van der Waals surface area (Å²) in [4.78, 5) is 11.7. The highest BCUT2D eigenvalue weighted by Crippen LogP contribution is 2.20. The third-order valence-corrected chi connectivity index (χ3v) is 3.17. The first-order valence-electron chi connectivity index (χ1n) is 4.71. The number of Topliss-reactive ketones (excluding diaryl/α,β-unsaturated/α-hetero) is 1. The smallest absolute Gasteiger partial charge is 0.189 e. The van der Waals surface area contributed by atoms with Gasteiger partial charge in [0.05, 0.1) is 0 Å². The fourth-order valence-corrected chi connectivity index (χ4v) is 2.06. The van der Waals surface area contributed by atoms with Crippen LogP contribution in [0.5, 0.6) is 0 Å². The largest absolute Gasteiger partial charge is 0.373 e. The van der Waals surface area contributed by atoms with Crippen molar-refractivity contribution in [3.05, 3.63) is 31.8 Å². The van der Waals surface area contributed by atoms with Crippen molar-refractivity contribution in [3.8, 4) is 0 Å². The zero-order valence-corrected chi connectivity index (χ0v) is 12.2. The van der Waals surface area contributed by atoms with Gasteiger partial charge >= 0.3 is 0 Å². The number of ether oxygens (including phenoxy) is 1. The van der Waals surface area contributed by atoms with Gasteiger partial charge in [-0.3, -0.25) is 4.79 Å². The van der Waals surface area contributed by atoms with E-state index in [2.05, 4.69) is 38.5 Å². The fraction of sp³-hybridized carbons (Fsp3) is 0.364. The molecule has 1 aromatic carbocycles. The van der Waals surface area contributed by atoms with Crippen molar-refractivity contribution >= 4 is 44.3 Å². The average Bonchev–Trinajstić information content (AvgIpc) is 2.22. The van der Waals surface area contributed by atoms with Gasteiger partial charge in [-0.05, 0) is 47.2 Å². The molecule has 1 rings (SSSR count). The molecule has 0 aromatic heterocycles. The van der Waals surface area contributed by atoms with Gasteiger partial charge in [-0.2, -0.15) is 0 Å². The minimum absolute atomic E-state index is 0.0221. The molecule has 1 aromatic rings. The summed E-state index contributed by atoms with van der Waals surface area (Å²) in [5, 5.41) is 0. The molecule has 0 bridgehead atoms. The zero-order valence-electron chi connectivity index (χ0n) is 8.43. The monoisotopic (exact) mass is 382 g/mol.